The van der Waals surface area contributed by atoms with Crippen LogP contribution in [-0.4, -0.2) is 37.6 Å². The van der Waals surface area contributed by atoms with Crippen molar-refractivity contribution in [1.29, 1.82) is 0 Å². The lowest BCUT2D eigenvalue weighted by molar-refractivity contribution is -0.137. The SMILES string of the molecule is O=CN(c1cccc(C(F)(F)F)c1)N1CCN(c2ccccc2)CC1. The van der Waals surface area contributed by atoms with Crippen LogP contribution in [0.25, 0.3) is 0 Å². The van der Waals surface area contributed by atoms with Crippen molar-refractivity contribution in [2.75, 3.05) is 36.1 Å². The summed E-state index contributed by atoms with van der Waals surface area (Å²) in [7, 11) is 0. The molecule has 7 heteroatoms. The number of halogens is 3. The highest BCUT2D eigenvalue weighted by Crippen LogP contribution is 2.32. The molecule has 0 N–H and O–H groups in total. The minimum atomic E-state index is -4.43. The maximum absolute atomic E-state index is 12.9. The Morgan fingerprint density at radius 3 is 2.20 bits per heavy atom. The molecule has 0 aliphatic carbocycles. The van der Waals surface area contributed by atoms with E-state index in [-0.39, 0.29) is 5.69 Å². The number of benzene rings is 2. The number of hydrogen-bond donors (Lipinski definition) is 0. The Kier molecular flexibility index (Phi) is 4.94. The van der Waals surface area contributed by atoms with Crippen LogP contribution in [0.15, 0.2) is 54.6 Å². The summed E-state index contributed by atoms with van der Waals surface area (Å²) in [4.78, 5) is 13.7. The van der Waals surface area contributed by atoms with Gasteiger partial charge in [0.25, 0.3) is 0 Å². The molecule has 3 rings (SSSR count). The largest absolute Gasteiger partial charge is 0.416 e. The zero-order chi connectivity index (χ0) is 17.9. The summed E-state index contributed by atoms with van der Waals surface area (Å²) in [5.41, 5.74) is 0.552. The van der Waals surface area contributed by atoms with Gasteiger partial charge in [0.2, 0.25) is 6.41 Å². The minimum Gasteiger partial charge on any atom is -0.369 e. The molecule has 25 heavy (non-hydrogen) atoms. The lowest BCUT2D eigenvalue weighted by atomic mass is 10.2. The first-order chi connectivity index (χ1) is 12.0. The molecular weight excluding hydrogens is 331 g/mol. The van der Waals surface area contributed by atoms with E-state index in [9.17, 15) is 18.0 Å². The van der Waals surface area contributed by atoms with E-state index in [1.807, 2.05) is 30.3 Å². The fraction of sp³-hybridized carbons (Fsp3) is 0.278. The van der Waals surface area contributed by atoms with Crippen molar-refractivity contribution in [1.82, 2.24) is 5.01 Å². The van der Waals surface area contributed by atoms with E-state index in [0.29, 0.717) is 32.6 Å². The van der Waals surface area contributed by atoms with Crippen molar-refractivity contribution in [3.05, 3.63) is 60.2 Å². The molecule has 1 aliphatic heterocycles. The molecule has 1 heterocycles. The number of hydrogen-bond acceptors (Lipinski definition) is 3. The first kappa shape index (κ1) is 17.3. The van der Waals surface area contributed by atoms with E-state index >= 15 is 0 Å². The van der Waals surface area contributed by atoms with E-state index in [4.69, 9.17) is 0 Å². The number of anilines is 2. The second-order valence-corrected chi connectivity index (χ2v) is 5.77. The van der Waals surface area contributed by atoms with E-state index < -0.39 is 11.7 Å². The van der Waals surface area contributed by atoms with Crippen molar-refractivity contribution in [3.63, 3.8) is 0 Å². The molecule has 1 aliphatic rings. The Morgan fingerprint density at radius 1 is 0.920 bits per heavy atom. The van der Waals surface area contributed by atoms with Gasteiger partial charge in [-0.1, -0.05) is 24.3 Å². The predicted octanol–water partition coefficient (Wildman–Crippen LogP) is 3.41. The molecule has 0 atom stereocenters. The van der Waals surface area contributed by atoms with Gasteiger partial charge in [-0.15, -0.1) is 0 Å². The predicted molar refractivity (Wildman–Crippen MR) is 90.2 cm³/mol. The van der Waals surface area contributed by atoms with Crippen LogP contribution in [0.4, 0.5) is 24.5 Å². The van der Waals surface area contributed by atoms with Crippen molar-refractivity contribution < 1.29 is 18.0 Å². The number of piperazine rings is 1. The molecule has 1 saturated heterocycles. The van der Waals surface area contributed by atoms with Crippen LogP contribution in [0.3, 0.4) is 0 Å². The van der Waals surface area contributed by atoms with Gasteiger partial charge in [-0.2, -0.15) is 13.2 Å². The number of carbonyl (C=O) groups excluding carboxylic acids is 1. The molecule has 2 aromatic rings. The fourth-order valence-electron chi connectivity index (χ4n) is 2.92. The summed E-state index contributed by atoms with van der Waals surface area (Å²) < 4.78 is 38.7. The molecule has 4 nitrogen and oxygen atoms in total. The summed E-state index contributed by atoms with van der Waals surface area (Å²) in [5, 5.41) is 3.03. The monoisotopic (exact) mass is 349 g/mol. The van der Waals surface area contributed by atoms with Gasteiger partial charge in [0.15, 0.2) is 0 Å². The number of carbonyl (C=O) groups is 1. The minimum absolute atomic E-state index is 0.220. The van der Waals surface area contributed by atoms with Crippen LogP contribution in [0.1, 0.15) is 5.56 Å². The number of hydrazine groups is 1. The van der Waals surface area contributed by atoms with Crippen LogP contribution in [0.2, 0.25) is 0 Å². The standard InChI is InChI=1S/C18H18F3N3O/c19-18(20,21)15-5-4-8-17(13-15)24(14-25)23-11-9-22(10-12-23)16-6-2-1-3-7-16/h1-8,13-14H,9-12H2. The van der Waals surface area contributed by atoms with Crippen LogP contribution < -0.4 is 9.91 Å². The molecule has 0 spiro atoms. The summed E-state index contributed by atoms with van der Waals surface area (Å²) >= 11 is 0. The third-order valence-corrected chi connectivity index (χ3v) is 4.22. The van der Waals surface area contributed by atoms with Crippen LogP contribution in [-0.2, 0) is 11.0 Å². The van der Waals surface area contributed by atoms with Gasteiger partial charge in [0.05, 0.1) is 11.3 Å². The highest BCUT2D eigenvalue weighted by molar-refractivity contribution is 5.74. The Labute approximate surface area is 144 Å². The average Bonchev–Trinajstić information content (AvgIpc) is 2.63. The Bertz CT molecular complexity index is 713. The van der Waals surface area contributed by atoms with Crippen molar-refractivity contribution in [2.24, 2.45) is 0 Å². The number of rotatable bonds is 4. The van der Waals surface area contributed by atoms with Gasteiger partial charge < -0.3 is 4.90 Å². The van der Waals surface area contributed by atoms with Gasteiger partial charge >= 0.3 is 6.18 Å². The van der Waals surface area contributed by atoms with E-state index in [1.54, 1.807) is 5.01 Å². The maximum Gasteiger partial charge on any atom is 0.416 e. The van der Waals surface area contributed by atoms with Crippen LogP contribution >= 0.6 is 0 Å². The van der Waals surface area contributed by atoms with E-state index in [0.717, 1.165) is 17.8 Å². The molecule has 132 valence electrons. The van der Waals surface area contributed by atoms with Gasteiger partial charge in [0, 0.05) is 31.9 Å². The molecular formula is C18H18F3N3O. The van der Waals surface area contributed by atoms with Crippen molar-refractivity contribution >= 4 is 17.8 Å². The van der Waals surface area contributed by atoms with E-state index in [2.05, 4.69) is 4.90 Å². The zero-order valence-electron chi connectivity index (χ0n) is 13.5. The van der Waals surface area contributed by atoms with Crippen LogP contribution in [0.5, 0.6) is 0 Å². The number of alkyl halides is 3. The second-order valence-electron chi connectivity index (χ2n) is 5.77. The summed E-state index contributed by atoms with van der Waals surface area (Å²) in [6.07, 6.45) is -3.87. The van der Waals surface area contributed by atoms with E-state index in [1.165, 1.54) is 17.1 Å². The smallest absolute Gasteiger partial charge is 0.369 e. The van der Waals surface area contributed by atoms with Gasteiger partial charge in [-0.05, 0) is 30.3 Å². The number of amides is 1. The summed E-state index contributed by atoms with van der Waals surface area (Å²) in [6.45, 7) is 2.47. The fourth-order valence-corrected chi connectivity index (χ4v) is 2.92. The highest BCUT2D eigenvalue weighted by atomic mass is 19.4. The average molecular weight is 349 g/mol. The highest BCUT2D eigenvalue weighted by Gasteiger charge is 2.31. The lowest BCUT2D eigenvalue weighted by Gasteiger charge is -2.40. The molecule has 0 saturated carbocycles. The van der Waals surface area contributed by atoms with Crippen molar-refractivity contribution in [2.45, 2.75) is 6.18 Å². The van der Waals surface area contributed by atoms with Crippen molar-refractivity contribution in [3.8, 4) is 0 Å². The Hall–Kier alpha value is -2.54. The molecule has 0 aromatic heterocycles. The summed E-state index contributed by atoms with van der Waals surface area (Å²) in [5.74, 6) is 0. The first-order valence-electron chi connectivity index (χ1n) is 7.96. The third kappa shape index (κ3) is 3.93. The van der Waals surface area contributed by atoms with Gasteiger partial charge in [-0.3, -0.25) is 4.79 Å². The lowest BCUT2D eigenvalue weighted by Crippen LogP contribution is -2.53. The number of nitrogens with zero attached hydrogens (tertiary/aromatic N) is 3. The first-order valence-corrected chi connectivity index (χ1v) is 7.96. The second kappa shape index (κ2) is 7.14. The summed E-state index contributed by atoms with van der Waals surface area (Å²) in [6, 6.07) is 14.7. The maximum atomic E-state index is 12.9. The normalized spacial score (nSPS) is 15.9. The zero-order valence-corrected chi connectivity index (χ0v) is 13.5. The number of para-hydroxylation sites is 1. The quantitative estimate of drug-likeness (QED) is 0.792. The Balaban J connectivity index is 1.72. The molecule has 0 bridgehead atoms. The van der Waals surface area contributed by atoms with Gasteiger partial charge in [0.1, 0.15) is 0 Å². The molecule has 1 amide bonds. The van der Waals surface area contributed by atoms with Gasteiger partial charge in [-0.25, -0.2) is 10.0 Å². The molecule has 0 unspecified atom stereocenters. The molecule has 1 fully saturated rings. The Morgan fingerprint density at radius 2 is 1.60 bits per heavy atom. The molecule has 0 radical (unpaired) electrons. The molecule has 2 aromatic carbocycles. The topological polar surface area (TPSA) is 26.8 Å². The van der Waals surface area contributed by atoms with Crippen LogP contribution in [0, 0.1) is 0 Å². The third-order valence-electron chi connectivity index (χ3n) is 4.22.